The van der Waals surface area contributed by atoms with Gasteiger partial charge in [0.1, 0.15) is 28.6 Å². The number of aromatic nitrogens is 8. The van der Waals surface area contributed by atoms with Gasteiger partial charge in [-0.2, -0.15) is 10.2 Å². The first-order chi connectivity index (χ1) is 20.7. The Kier molecular flexibility index (Phi) is 8.36. The normalized spacial score (nSPS) is 11.1. The summed E-state index contributed by atoms with van der Waals surface area (Å²) in [6.07, 6.45) is 2.28. The highest BCUT2D eigenvalue weighted by atomic mass is 16.5. The Morgan fingerprint density at radius 3 is 2.56 bits per heavy atom. The van der Waals surface area contributed by atoms with Crippen LogP contribution in [0.25, 0.3) is 33.9 Å². The van der Waals surface area contributed by atoms with Gasteiger partial charge in [0, 0.05) is 57.5 Å². The fraction of sp³-hybridized carbons (Fsp3) is 0.345. The standard InChI is InChI=1S/C29H33N9O5/c1-17-12-24(38(34-17)10-7-11-43-18(2)39)27-33-28(37(4)35-27)26-21-16-31-36(3)23(21)14-22(32-26)29(40)30-15-19-8-9-20(41-5)13-25(19)42-6/h8-9,12-14,16H,7,10-11,15H2,1-6H3,(H,30,40). The molecule has 0 bridgehead atoms. The smallest absolute Gasteiger partial charge is 0.302 e. The molecule has 224 valence electrons. The van der Waals surface area contributed by atoms with E-state index in [1.165, 1.54) is 6.92 Å². The Balaban J connectivity index is 1.45. The number of nitrogens with zero attached hydrogens (tertiary/aromatic N) is 8. The van der Waals surface area contributed by atoms with Crippen LogP contribution in [0, 0.1) is 6.92 Å². The van der Waals surface area contributed by atoms with E-state index in [4.69, 9.17) is 24.2 Å². The predicted molar refractivity (Wildman–Crippen MR) is 156 cm³/mol. The van der Waals surface area contributed by atoms with Crippen LogP contribution in [0.4, 0.5) is 0 Å². The molecule has 1 amide bonds. The molecule has 0 radical (unpaired) electrons. The van der Waals surface area contributed by atoms with E-state index in [1.807, 2.05) is 19.1 Å². The summed E-state index contributed by atoms with van der Waals surface area (Å²) in [6.45, 7) is 4.30. The zero-order valence-electron chi connectivity index (χ0n) is 24.9. The molecule has 4 aromatic heterocycles. The minimum absolute atomic E-state index is 0.203. The topological polar surface area (TPSA) is 153 Å². The van der Waals surface area contributed by atoms with Crippen molar-refractivity contribution in [3.63, 3.8) is 0 Å². The van der Waals surface area contributed by atoms with Crippen molar-refractivity contribution in [2.24, 2.45) is 14.1 Å². The van der Waals surface area contributed by atoms with Gasteiger partial charge in [0.15, 0.2) is 11.6 Å². The number of aryl methyl sites for hydroxylation is 4. The Bertz CT molecular complexity index is 1800. The number of carbonyl (C=O) groups excluding carboxylic acids is 2. The van der Waals surface area contributed by atoms with E-state index in [9.17, 15) is 9.59 Å². The maximum absolute atomic E-state index is 13.4. The summed E-state index contributed by atoms with van der Waals surface area (Å²) < 4.78 is 20.9. The second kappa shape index (κ2) is 12.3. The summed E-state index contributed by atoms with van der Waals surface area (Å²) in [5, 5.41) is 17.3. The summed E-state index contributed by atoms with van der Waals surface area (Å²) >= 11 is 0. The summed E-state index contributed by atoms with van der Waals surface area (Å²) in [5.41, 5.74) is 3.69. The summed E-state index contributed by atoms with van der Waals surface area (Å²) in [5.74, 6) is 1.48. The number of hydrogen-bond acceptors (Lipinski definition) is 10. The van der Waals surface area contributed by atoms with Gasteiger partial charge < -0.3 is 19.5 Å². The first-order valence-electron chi connectivity index (χ1n) is 13.6. The molecule has 5 aromatic rings. The van der Waals surface area contributed by atoms with Crippen LogP contribution in [0.15, 0.2) is 36.5 Å². The summed E-state index contributed by atoms with van der Waals surface area (Å²) in [7, 11) is 6.72. The van der Waals surface area contributed by atoms with Crippen LogP contribution in [0.3, 0.4) is 0 Å². The molecule has 4 heterocycles. The van der Waals surface area contributed by atoms with Gasteiger partial charge >= 0.3 is 5.97 Å². The number of hydrogen-bond donors (Lipinski definition) is 1. The number of carbonyl (C=O) groups is 2. The zero-order chi connectivity index (χ0) is 30.7. The zero-order valence-corrected chi connectivity index (χ0v) is 24.9. The molecule has 0 saturated carbocycles. The highest BCUT2D eigenvalue weighted by molar-refractivity contribution is 5.99. The van der Waals surface area contributed by atoms with Gasteiger partial charge in [0.25, 0.3) is 5.91 Å². The lowest BCUT2D eigenvalue weighted by Crippen LogP contribution is -2.24. The first-order valence-corrected chi connectivity index (χ1v) is 13.6. The van der Waals surface area contributed by atoms with E-state index >= 15 is 0 Å². The van der Waals surface area contributed by atoms with Gasteiger partial charge in [-0.1, -0.05) is 0 Å². The number of esters is 1. The third-order valence-electron chi connectivity index (χ3n) is 6.84. The van der Waals surface area contributed by atoms with Crippen LogP contribution < -0.4 is 14.8 Å². The Morgan fingerprint density at radius 2 is 1.81 bits per heavy atom. The maximum atomic E-state index is 13.4. The van der Waals surface area contributed by atoms with Crippen molar-refractivity contribution < 1.29 is 23.8 Å². The van der Waals surface area contributed by atoms with E-state index in [0.717, 1.165) is 16.6 Å². The monoisotopic (exact) mass is 587 g/mol. The average Bonchev–Trinajstić information content (AvgIpc) is 3.69. The molecule has 0 saturated heterocycles. The van der Waals surface area contributed by atoms with Crippen LogP contribution >= 0.6 is 0 Å². The van der Waals surface area contributed by atoms with Gasteiger partial charge in [-0.05, 0) is 31.2 Å². The van der Waals surface area contributed by atoms with Crippen molar-refractivity contribution in [1.82, 2.24) is 44.6 Å². The molecule has 0 spiro atoms. The molecule has 0 fully saturated rings. The predicted octanol–water partition coefficient (Wildman–Crippen LogP) is 2.84. The molecule has 1 N–H and O–H groups in total. The van der Waals surface area contributed by atoms with Crippen molar-refractivity contribution >= 4 is 22.8 Å². The Morgan fingerprint density at radius 1 is 1.00 bits per heavy atom. The number of rotatable bonds is 11. The number of pyridine rings is 1. The van der Waals surface area contributed by atoms with E-state index in [1.54, 1.807) is 66.8 Å². The lowest BCUT2D eigenvalue weighted by molar-refractivity contribution is -0.141. The highest BCUT2D eigenvalue weighted by Crippen LogP contribution is 2.29. The van der Waals surface area contributed by atoms with Gasteiger partial charge in [-0.15, -0.1) is 5.10 Å². The molecule has 1 aromatic carbocycles. The van der Waals surface area contributed by atoms with Crippen LogP contribution in [-0.2, 0) is 36.7 Å². The minimum Gasteiger partial charge on any atom is -0.497 e. The van der Waals surface area contributed by atoms with E-state index in [-0.39, 0.29) is 30.7 Å². The van der Waals surface area contributed by atoms with Crippen LogP contribution in [-0.4, -0.2) is 72.0 Å². The molecule has 0 atom stereocenters. The molecule has 14 heteroatoms. The molecule has 14 nitrogen and oxygen atoms in total. The SMILES string of the molecule is COc1ccc(CNC(=O)c2cc3c(cnn3C)c(-c3nc(-c4cc(C)nn4CCCOC(C)=O)nn3C)n2)c(OC)c1. The van der Waals surface area contributed by atoms with Crippen LogP contribution in [0.5, 0.6) is 11.5 Å². The first kappa shape index (κ1) is 29.2. The van der Waals surface area contributed by atoms with Crippen molar-refractivity contribution in [1.29, 1.82) is 0 Å². The van der Waals surface area contributed by atoms with Crippen LogP contribution in [0.1, 0.15) is 35.1 Å². The van der Waals surface area contributed by atoms with E-state index in [0.29, 0.717) is 53.0 Å². The highest BCUT2D eigenvalue weighted by Gasteiger charge is 2.22. The molecule has 0 aliphatic heterocycles. The van der Waals surface area contributed by atoms with Gasteiger partial charge in [-0.3, -0.25) is 19.0 Å². The fourth-order valence-electron chi connectivity index (χ4n) is 4.72. The van der Waals surface area contributed by atoms with E-state index in [2.05, 4.69) is 20.6 Å². The molecular weight excluding hydrogens is 554 g/mol. The number of amides is 1. The third-order valence-corrected chi connectivity index (χ3v) is 6.84. The van der Waals surface area contributed by atoms with Crippen molar-refractivity contribution in [3.8, 4) is 34.5 Å². The largest absolute Gasteiger partial charge is 0.497 e. The number of methoxy groups -OCH3 is 2. The van der Waals surface area contributed by atoms with Gasteiger partial charge in [0.05, 0.1) is 38.2 Å². The second-order valence-electron chi connectivity index (χ2n) is 9.89. The number of benzene rings is 1. The van der Waals surface area contributed by atoms with Crippen molar-refractivity contribution in [2.45, 2.75) is 33.4 Å². The summed E-state index contributed by atoms with van der Waals surface area (Å²) in [6, 6.07) is 9.01. The Hall–Kier alpha value is -5.27. The van der Waals surface area contributed by atoms with Crippen LogP contribution in [0.2, 0.25) is 0 Å². The summed E-state index contributed by atoms with van der Waals surface area (Å²) in [4.78, 5) is 34.0. The number of ether oxygens (including phenoxy) is 3. The van der Waals surface area contributed by atoms with Crippen molar-refractivity contribution in [3.05, 3.63) is 53.5 Å². The Labute approximate surface area is 247 Å². The lowest BCUT2D eigenvalue weighted by atomic mass is 10.1. The molecule has 43 heavy (non-hydrogen) atoms. The van der Waals surface area contributed by atoms with E-state index < -0.39 is 0 Å². The molecule has 0 aliphatic carbocycles. The molecule has 0 unspecified atom stereocenters. The lowest BCUT2D eigenvalue weighted by Gasteiger charge is -2.12. The van der Waals surface area contributed by atoms with Gasteiger partial charge in [-0.25, -0.2) is 14.6 Å². The van der Waals surface area contributed by atoms with Gasteiger partial charge in [0.2, 0.25) is 0 Å². The number of fused-ring (bicyclic) bond motifs is 1. The molecule has 5 rings (SSSR count). The molecule has 0 aliphatic rings. The quantitative estimate of drug-likeness (QED) is 0.180. The fourth-order valence-corrected chi connectivity index (χ4v) is 4.72. The third kappa shape index (κ3) is 6.17. The second-order valence-corrected chi connectivity index (χ2v) is 9.89. The number of nitrogens with one attached hydrogen (secondary N) is 1. The molecular formula is C29H33N9O5. The minimum atomic E-state index is -0.369. The average molecular weight is 588 g/mol. The maximum Gasteiger partial charge on any atom is 0.302 e. The van der Waals surface area contributed by atoms with Crippen molar-refractivity contribution in [2.75, 3.05) is 20.8 Å².